The quantitative estimate of drug-likeness (QED) is 0.684. The smallest absolute Gasteiger partial charge is 0.332 e. The van der Waals surface area contributed by atoms with Crippen LogP contribution in [0.15, 0.2) is 34.1 Å². The van der Waals surface area contributed by atoms with E-state index in [4.69, 9.17) is 0 Å². The summed E-state index contributed by atoms with van der Waals surface area (Å²) in [6.07, 6.45) is 2.99. The van der Waals surface area contributed by atoms with Gasteiger partial charge in [0.05, 0.1) is 23.2 Å². The summed E-state index contributed by atoms with van der Waals surface area (Å²) in [5.74, 6) is -0.360. The van der Waals surface area contributed by atoms with E-state index < -0.39 is 11.2 Å². The molecule has 1 amide bonds. The Balaban J connectivity index is 1.96. The molecule has 1 N–H and O–H groups in total. The van der Waals surface area contributed by atoms with E-state index in [0.717, 1.165) is 10.3 Å². The van der Waals surface area contributed by atoms with E-state index in [1.54, 1.807) is 24.0 Å². The number of pyridine rings is 1. The van der Waals surface area contributed by atoms with Crippen LogP contribution in [0, 0.1) is 0 Å². The second kappa shape index (κ2) is 5.76. The second-order valence-corrected chi connectivity index (χ2v) is 5.43. The zero-order valence-electron chi connectivity index (χ0n) is 13.5. The van der Waals surface area contributed by atoms with Gasteiger partial charge in [0.2, 0.25) is 0 Å². The summed E-state index contributed by atoms with van der Waals surface area (Å²) in [4.78, 5) is 40.5. The molecule has 0 aliphatic carbocycles. The third-order valence-corrected chi connectivity index (χ3v) is 3.91. The van der Waals surface area contributed by atoms with Gasteiger partial charge in [0.15, 0.2) is 0 Å². The number of aromatic nitrogens is 5. The van der Waals surface area contributed by atoms with Crippen molar-refractivity contribution in [3.05, 3.63) is 56.6 Å². The van der Waals surface area contributed by atoms with Gasteiger partial charge in [0, 0.05) is 33.5 Å². The standard InChI is InChI=1S/C15H16N6O3/c1-19-12-11(14(23)20(2)15(19)24)6-9(7-16-12)13(22)17-8-10-4-5-18-21(10)3/h4-7H,8H2,1-3H3,(H,17,22). The fourth-order valence-corrected chi connectivity index (χ4v) is 2.44. The molecule has 0 unspecified atom stereocenters. The number of hydrogen-bond donors (Lipinski definition) is 1. The first-order chi connectivity index (χ1) is 11.4. The lowest BCUT2D eigenvalue weighted by atomic mass is 10.2. The number of amides is 1. The lowest BCUT2D eigenvalue weighted by Crippen LogP contribution is -2.37. The van der Waals surface area contributed by atoms with Crippen molar-refractivity contribution in [1.29, 1.82) is 0 Å². The van der Waals surface area contributed by atoms with Crippen LogP contribution >= 0.6 is 0 Å². The number of nitrogens with one attached hydrogen (secondary N) is 1. The van der Waals surface area contributed by atoms with Crippen molar-refractivity contribution >= 4 is 16.9 Å². The summed E-state index contributed by atoms with van der Waals surface area (Å²) in [6.45, 7) is 0.304. The van der Waals surface area contributed by atoms with Crippen LogP contribution in [0.3, 0.4) is 0 Å². The van der Waals surface area contributed by atoms with Gasteiger partial charge in [-0.2, -0.15) is 5.10 Å². The van der Waals surface area contributed by atoms with Crippen LogP contribution in [-0.2, 0) is 27.7 Å². The van der Waals surface area contributed by atoms with Crippen LogP contribution in [-0.4, -0.2) is 29.8 Å². The molecule has 0 aliphatic heterocycles. The molecule has 3 rings (SSSR count). The van der Waals surface area contributed by atoms with Gasteiger partial charge in [-0.25, -0.2) is 9.78 Å². The highest BCUT2D eigenvalue weighted by Gasteiger charge is 2.13. The van der Waals surface area contributed by atoms with E-state index in [0.29, 0.717) is 6.54 Å². The SMILES string of the molecule is Cn1nccc1CNC(=O)c1cnc2c(c1)c(=O)n(C)c(=O)n2C. The fourth-order valence-electron chi connectivity index (χ4n) is 2.44. The number of nitrogens with zero attached hydrogens (tertiary/aromatic N) is 5. The van der Waals surface area contributed by atoms with Crippen LogP contribution in [0.1, 0.15) is 16.1 Å². The molecule has 9 nitrogen and oxygen atoms in total. The minimum atomic E-state index is -0.484. The fraction of sp³-hybridized carbons (Fsp3) is 0.267. The van der Waals surface area contributed by atoms with Crippen molar-refractivity contribution in [3.63, 3.8) is 0 Å². The molecule has 0 saturated carbocycles. The topological polar surface area (TPSA) is 104 Å². The number of fused-ring (bicyclic) bond motifs is 1. The highest BCUT2D eigenvalue weighted by molar-refractivity contribution is 5.96. The zero-order chi connectivity index (χ0) is 17.4. The lowest BCUT2D eigenvalue weighted by Gasteiger charge is -2.09. The average molecular weight is 328 g/mol. The maximum Gasteiger partial charge on any atom is 0.332 e. The van der Waals surface area contributed by atoms with Crippen LogP contribution in [0.4, 0.5) is 0 Å². The normalized spacial score (nSPS) is 11.0. The van der Waals surface area contributed by atoms with E-state index in [1.807, 2.05) is 0 Å². The third kappa shape index (κ3) is 2.49. The maximum absolute atomic E-state index is 12.3. The van der Waals surface area contributed by atoms with E-state index in [1.165, 1.54) is 30.9 Å². The van der Waals surface area contributed by atoms with Gasteiger partial charge in [-0.3, -0.25) is 23.4 Å². The largest absolute Gasteiger partial charge is 0.346 e. The van der Waals surface area contributed by atoms with Crippen molar-refractivity contribution in [2.45, 2.75) is 6.54 Å². The summed E-state index contributed by atoms with van der Waals surface area (Å²) in [5, 5.41) is 6.99. The first-order valence-electron chi connectivity index (χ1n) is 7.21. The van der Waals surface area contributed by atoms with Crippen LogP contribution in [0.2, 0.25) is 0 Å². The molecule has 0 spiro atoms. The monoisotopic (exact) mass is 328 g/mol. The Morgan fingerprint density at radius 2 is 1.96 bits per heavy atom. The van der Waals surface area contributed by atoms with Crippen molar-refractivity contribution in [2.75, 3.05) is 0 Å². The van der Waals surface area contributed by atoms with E-state index in [-0.39, 0.29) is 22.5 Å². The molecule has 3 heterocycles. The number of aryl methyl sites for hydroxylation is 2. The van der Waals surface area contributed by atoms with E-state index >= 15 is 0 Å². The Hall–Kier alpha value is -3.23. The Morgan fingerprint density at radius 1 is 1.21 bits per heavy atom. The first kappa shape index (κ1) is 15.7. The van der Waals surface area contributed by atoms with Gasteiger partial charge in [-0.1, -0.05) is 0 Å². The van der Waals surface area contributed by atoms with Gasteiger partial charge in [-0.15, -0.1) is 0 Å². The average Bonchev–Trinajstić information content (AvgIpc) is 3.00. The molecule has 0 aromatic carbocycles. The number of carbonyl (C=O) groups is 1. The second-order valence-electron chi connectivity index (χ2n) is 5.43. The summed E-state index contributed by atoms with van der Waals surface area (Å²) < 4.78 is 3.92. The minimum Gasteiger partial charge on any atom is -0.346 e. The van der Waals surface area contributed by atoms with Crippen molar-refractivity contribution < 1.29 is 4.79 Å². The minimum absolute atomic E-state index is 0.216. The molecule has 3 aromatic heterocycles. The molecule has 0 bridgehead atoms. The highest BCUT2D eigenvalue weighted by atomic mass is 16.2. The van der Waals surface area contributed by atoms with Gasteiger partial charge in [0.25, 0.3) is 11.5 Å². The molecule has 124 valence electrons. The van der Waals surface area contributed by atoms with Crippen LogP contribution in [0.25, 0.3) is 11.0 Å². The molecule has 0 saturated heterocycles. The molecular weight excluding hydrogens is 312 g/mol. The van der Waals surface area contributed by atoms with E-state index in [2.05, 4.69) is 15.4 Å². The number of hydrogen-bond acceptors (Lipinski definition) is 5. The zero-order valence-corrected chi connectivity index (χ0v) is 13.5. The first-order valence-corrected chi connectivity index (χ1v) is 7.21. The Kier molecular flexibility index (Phi) is 3.76. The Labute approximate surface area is 136 Å². The van der Waals surface area contributed by atoms with E-state index in [9.17, 15) is 14.4 Å². The number of carbonyl (C=O) groups excluding carboxylic acids is 1. The molecule has 24 heavy (non-hydrogen) atoms. The van der Waals surface area contributed by atoms with Gasteiger partial charge in [0.1, 0.15) is 5.65 Å². The predicted molar refractivity (Wildman–Crippen MR) is 86.6 cm³/mol. The van der Waals surface area contributed by atoms with Crippen molar-refractivity contribution in [2.24, 2.45) is 21.1 Å². The summed E-state index contributed by atoms with van der Waals surface area (Å²) in [5.41, 5.74) is 0.386. The Bertz CT molecular complexity index is 1060. The molecule has 0 radical (unpaired) electrons. The molecular formula is C15H16N6O3. The molecule has 9 heteroatoms. The molecule has 0 atom stereocenters. The molecule has 0 aliphatic rings. The van der Waals surface area contributed by atoms with Gasteiger partial charge in [-0.05, 0) is 12.1 Å². The lowest BCUT2D eigenvalue weighted by molar-refractivity contribution is 0.0950. The van der Waals surface area contributed by atoms with Crippen LogP contribution in [0.5, 0.6) is 0 Å². The van der Waals surface area contributed by atoms with Gasteiger partial charge >= 0.3 is 5.69 Å². The maximum atomic E-state index is 12.3. The summed E-state index contributed by atoms with van der Waals surface area (Å²) in [6, 6.07) is 3.24. The molecule has 3 aromatic rings. The van der Waals surface area contributed by atoms with Crippen molar-refractivity contribution in [1.82, 2.24) is 29.2 Å². The Morgan fingerprint density at radius 3 is 2.62 bits per heavy atom. The number of rotatable bonds is 3. The highest BCUT2D eigenvalue weighted by Crippen LogP contribution is 2.07. The third-order valence-electron chi connectivity index (χ3n) is 3.91. The van der Waals surface area contributed by atoms with Crippen LogP contribution < -0.4 is 16.6 Å². The van der Waals surface area contributed by atoms with Crippen molar-refractivity contribution in [3.8, 4) is 0 Å². The molecule has 0 fully saturated rings. The predicted octanol–water partition coefficient (Wildman–Crippen LogP) is -0.704. The summed E-state index contributed by atoms with van der Waals surface area (Å²) >= 11 is 0. The summed E-state index contributed by atoms with van der Waals surface area (Å²) in [7, 11) is 4.70. The van der Waals surface area contributed by atoms with Gasteiger partial charge < -0.3 is 5.32 Å².